The first kappa shape index (κ1) is 35.8. The minimum absolute atomic E-state index is 0.0930. The highest BCUT2D eigenvalue weighted by Gasteiger charge is 2.30. The van der Waals surface area contributed by atoms with Crippen LogP contribution >= 0.6 is 0 Å². The molecule has 2 fully saturated rings. The molecule has 0 bridgehead atoms. The third-order valence-corrected chi connectivity index (χ3v) is 9.46. The van der Waals surface area contributed by atoms with Gasteiger partial charge in [-0.25, -0.2) is 9.59 Å². The quantitative estimate of drug-likeness (QED) is 0.104. The monoisotopic (exact) mass is 612 g/mol. The van der Waals surface area contributed by atoms with Crippen molar-refractivity contribution in [2.45, 2.75) is 110 Å². The van der Waals surface area contributed by atoms with Crippen LogP contribution < -0.4 is 4.74 Å². The maximum atomic E-state index is 11.9. The first-order valence-corrected chi connectivity index (χ1v) is 16.9. The van der Waals surface area contributed by atoms with Crippen molar-refractivity contribution in [3.8, 4) is 5.75 Å². The van der Waals surface area contributed by atoms with Crippen molar-refractivity contribution < 1.29 is 34.0 Å². The Morgan fingerprint density at radius 1 is 0.773 bits per heavy atom. The first-order chi connectivity index (χ1) is 21.2. The topological polar surface area (TPSA) is 102 Å². The van der Waals surface area contributed by atoms with Crippen molar-refractivity contribution in [3.63, 3.8) is 0 Å². The summed E-state index contributed by atoms with van der Waals surface area (Å²) in [6, 6.07) is 4.59. The minimum atomic E-state index is -0.381. The Balaban J connectivity index is 1.81. The van der Waals surface area contributed by atoms with Crippen LogP contribution in [0.1, 0.15) is 114 Å². The summed E-state index contributed by atoms with van der Waals surface area (Å²) in [6.45, 7) is 11.4. The van der Waals surface area contributed by atoms with E-state index in [1.54, 1.807) is 13.8 Å². The number of aliphatic hydroxyl groups excluding tert-OH is 2. The van der Waals surface area contributed by atoms with Crippen molar-refractivity contribution in [2.75, 3.05) is 33.0 Å². The van der Waals surface area contributed by atoms with Crippen molar-refractivity contribution in [2.24, 2.45) is 17.8 Å². The summed E-state index contributed by atoms with van der Waals surface area (Å²) in [5.74, 6) is 2.07. The van der Waals surface area contributed by atoms with Crippen LogP contribution in [0.5, 0.6) is 5.75 Å². The molecule has 7 nitrogen and oxygen atoms in total. The molecule has 0 unspecified atom stereocenters. The molecule has 2 aliphatic rings. The van der Waals surface area contributed by atoms with Crippen LogP contribution in [-0.2, 0) is 31.9 Å². The number of benzene rings is 1. The normalized spacial score (nSPS) is 19.0. The molecule has 2 saturated carbocycles. The number of carbonyl (C=O) groups is 2. The number of esters is 2. The lowest BCUT2D eigenvalue weighted by atomic mass is 9.69. The number of aliphatic hydroxyl groups is 2. The van der Waals surface area contributed by atoms with E-state index in [9.17, 15) is 19.8 Å². The molecule has 0 aliphatic heterocycles. The van der Waals surface area contributed by atoms with Gasteiger partial charge in [0.1, 0.15) is 5.75 Å². The molecule has 44 heavy (non-hydrogen) atoms. The summed E-state index contributed by atoms with van der Waals surface area (Å²) in [4.78, 5) is 23.9. The lowest BCUT2D eigenvalue weighted by Gasteiger charge is -2.36. The number of aryl methyl sites for hydroxylation is 2. The van der Waals surface area contributed by atoms with Gasteiger partial charge in [0.05, 0.1) is 19.8 Å². The van der Waals surface area contributed by atoms with Crippen LogP contribution in [0.3, 0.4) is 0 Å². The summed E-state index contributed by atoms with van der Waals surface area (Å²) >= 11 is 0. The van der Waals surface area contributed by atoms with Gasteiger partial charge in [-0.3, -0.25) is 0 Å². The molecule has 0 aromatic heterocycles. The fourth-order valence-electron chi connectivity index (χ4n) is 6.77. The van der Waals surface area contributed by atoms with Crippen LogP contribution in [0.4, 0.5) is 0 Å². The number of hydrogen-bond acceptors (Lipinski definition) is 7. The third kappa shape index (κ3) is 11.4. The van der Waals surface area contributed by atoms with Crippen molar-refractivity contribution in [1.29, 1.82) is 0 Å². The van der Waals surface area contributed by atoms with Gasteiger partial charge in [0.15, 0.2) is 0 Å². The van der Waals surface area contributed by atoms with Crippen LogP contribution in [0.25, 0.3) is 0 Å². The Morgan fingerprint density at radius 3 is 1.75 bits per heavy atom. The lowest BCUT2D eigenvalue weighted by Crippen LogP contribution is -2.23. The molecule has 0 saturated heterocycles. The summed E-state index contributed by atoms with van der Waals surface area (Å²) in [7, 11) is 0. The average Bonchev–Trinajstić information content (AvgIpc) is 3.04. The van der Waals surface area contributed by atoms with Crippen LogP contribution in [-0.4, -0.2) is 55.2 Å². The zero-order valence-corrected chi connectivity index (χ0v) is 27.2. The van der Waals surface area contributed by atoms with E-state index in [2.05, 4.69) is 25.3 Å². The zero-order chi connectivity index (χ0) is 31.9. The number of rotatable bonds is 18. The number of carbonyl (C=O) groups excluding carboxylic acids is 2. The minimum Gasteiger partial charge on any atom is -0.493 e. The van der Waals surface area contributed by atoms with Crippen LogP contribution in [0, 0.1) is 17.8 Å². The first-order valence-electron chi connectivity index (χ1n) is 16.9. The van der Waals surface area contributed by atoms with E-state index in [1.165, 1.54) is 63.4 Å². The maximum absolute atomic E-state index is 11.9. The second-order valence-electron chi connectivity index (χ2n) is 13.1. The van der Waals surface area contributed by atoms with Crippen molar-refractivity contribution in [1.82, 2.24) is 0 Å². The van der Waals surface area contributed by atoms with Crippen LogP contribution in [0.2, 0.25) is 0 Å². The fraction of sp³-hybridized carbons (Fsp3) is 0.676. The van der Waals surface area contributed by atoms with Gasteiger partial charge in [-0.1, -0.05) is 57.4 Å². The Kier molecular flexibility index (Phi) is 15.5. The molecule has 1 aromatic carbocycles. The van der Waals surface area contributed by atoms with Gasteiger partial charge in [-0.15, -0.1) is 0 Å². The summed E-state index contributed by atoms with van der Waals surface area (Å²) in [6.07, 6.45) is 15.1. The van der Waals surface area contributed by atoms with Gasteiger partial charge < -0.3 is 24.4 Å². The summed E-state index contributed by atoms with van der Waals surface area (Å²) < 4.78 is 17.2. The fourth-order valence-corrected chi connectivity index (χ4v) is 6.77. The Hall–Kier alpha value is -2.64. The smallest absolute Gasteiger partial charge is 0.333 e. The van der Waals surface area contributed by atoms with Gasteiger partial charge in [-0.2, -0.15) is 0 Å². The third-order valence-electron chi connectivity index (χ3n) is 9.46. The van der Waals surface area contributed by atoms with Crippen molar-refractivity contribution in [3.05, 3.63) is 53.1 Å². The molecule has 246 valence electrons. The molecule has 0 spiro atoms. The molecular formula is C37H56O7. The lowest BCUT2D eigenvalue weighted by molar-refractivity contribution is -0.139. The van der Waals surface area contributed by atoms with E-state index >= 15 is 0 Å². The second kappa shape index (κ2) is 19.0. The Bertz CT molecular complexity index is 1020. The highest BCUT2D eigenvalue weighted by molar-refractivity contribution is 5.87. The Labute approximate surface area is 265 Å². The SMILES string of the molecule is C=C(C)C(=O)OCCCc1cc(C2CCC(C3CCCCC3)CC2)cc(CCCOC(=O)C(=C)C)c1OCCC(CO)CO. The predicted molar refractivity (Wildman–Crippen MR) is 174 cm³/mol. The standard InChI is InChI=1S/C37H56O7/c1-26(2)36(40)43-19-8-12-32-22-34(31-16-14-30(15-17-31)29-10-6-5-7-11-29)23-33(13-9-20-44-37(41)27(3)4)35(32)42-21-18-28(24-38)25-39/h22-23,28-31,38-39H,1,3,5-21,24-25H2,2,4H3. The van der Waals surface area contributed by atoms with Crippen molar-refractivity contribution >= 4 is 11.9 Å². The van der Waals surface area contributed by atoms with E-state index in [1.807, 2.05) is 0 Å². The van der Waals surface area contributed by atoms with E-state index in [4.69, 9.17) is 14.2 Å². The molecule has 0 atom stereocenters. The molecule has 3 rings (SSSR count). The van der Waals surface area contributed by atoms with E-state index in [0.29, 0.717) is 69.0 Å². The van der Waals surface area contributed by atoms with Gasteiger partial charge in [0.2, 0.25) is 0 Å². The Morgan fingerprint density at radius 2 is 1.27 bits per heavy atom. The summed E-state index contributed by atoms with van der Waals surface area (Å²) in [5, 5.41) is 19.1. The molecule has 2 N–H and O–H groups in total. The van der Waals surface area contributed by atoms with E-state index in [0.717, 1.165) is 28.7 Å². The van der Waals surface area contributed by atoms with Gasteiger partial charge >= 0.3 is 11.9 Å². The molecule has 0 amide bonds. The largest absolute Gasteiger partial charge is 0.493 e. The highest BCUT2D eigenvalue weighted by Crippen LogP contribution is 2.44. The summed E-state index contributed by atoms with van der Waals surface area (Å²) in [5.41, 5.74) is 4.28. The van der Waals surface area contributed by atoms with E-state index < -0.39 is 0 Å². The molecule has 2 aliphatic carbocycles. The highest BCUT2D eigenvalue weighted by atomic mass is 16.5. The number of hydrogen-bond donors (Lipinski definition) is 2. The van der Waals surface area contributed by atoms with Gasteiger partial charge in [-0.05, 0) is 106 Å². The van der Waals surface area contributed by atoms with Crippen LogP contribution in [0.15, 0.2) is 36.4 Å². The second-order valence-corrected chi connectivity index (χ2v) is 13.1. The molecule has 0 heterocycles. The van der Waals surface area contributed by atoms with Gasteiger partial charge in [0, 0.05) is 30.3 Å². The van der Waals surface area contributed by atoms with E-state index in [-0.39, 0.29) is 31.1 Å². The average molecular weight is 613 g/mol. The maximum Gasteiger partial charge on any atom is 0.333 e. The van der Waals surface area contributed by atoms with Gasteiger partial charge in [0.25, 0.3) is 0 Å². The zero-order valence-electron chi connectivity index (χ0n) is 27.2. The molecule has 0 radical (unpaired) electrons. The number of ether oxygens (including phenoxy) is 3. The predicted octanol–water partition coefficient (Wildman–Crippen LogP) is 7.01. The molecular weight excluding hydrogens is 556 g/mol. The molecule has 1 aromatic rings. The molecule has 7 heteroatoms.